The molecule has 0 N–H and O–H groups in total. The highest BCUT2D eigenvalue weighted by molar-refractivity contribution is 7.99. The van der Waals surface area contributed by atoms with Gasteiger partial charge in [0.15, 0.2) is 18.2 Å². The maximum Gasteiger partial charge on any atom is 0.422 e. The van der Waals surface area contributed by atoms with Gasteiger partial charge < -0.3 is 9.15 Å². The molecule has 10 heteroatoms. The fourth-order valence-corrected chi connectivity index (χ4v) is 3.00. The molecule has 2 heterocycles. The molecule has 0 amide bonds. The fraction of sp³-hybridized carbons (Fsp3) is 0.235. The summed E-state index contributed by atoms with van der Waals surface area (Å²) in [6.45, 7) is 0.537. The molecule has 0 aliphatic heterocycles. The van der Waals surface area contributed by atoms with Crippen molar-refractivity contribution < 1.29 is 22.3 Å². The molecular weight excluding hydrogens is 383 g/mol. The van der Waals surface area contributed by atoms with Gasteiger partial charge in [-0.25, -0.2) is 9.97 Å². The summed E-state index contributed by atoms with van der Waals surface area (Å²) in [5.41, 5.74) is 0.941. The standard InChI is InChI=1S/C17H14F3N3O3S/c1-2-27-16-22-13(14-8-25-10-21-14)7-15(24)23(16)11-3-5-12(6-4-11)26-9-17(18,19)20/h3-8,10H,2,9H2,1H3. The van der Waals surface area contributed by atoms with Gasteiger partial charge in [0.2, 0.25) is 0 Å². The molecule has 27 heavy (non-hydrogen) atoms. The van der Waals surface area contributed by atoms with Crippen LogP contribution in [0.1, 0.15) is 6.92 Å². The molecule has 0 fully saturated rings. The SMILES string of the molecule is CCSc1nc(-c2cocn2)cc(=O)n1-c1ccc(OCC(F)(F)F)cc1. The van der Waals surface area contributed by atoms with Crippen LogP contribution in [-0.4, -0.2) is 33.1 Å². The van der Waals surface area contributed by atoms with Crippen molar-refractivity contribution in [1.82, 2.24) is 14.5 Å². The first kappa shape index (κ1) is 19.0. The largest absolute Gasteiger partial charge is 0.484 e. The van der Waals surface area contributed by atoms with Crippen molar-refractivity contribution in [2.45, 2.75) is 18.3 Å². The first-order chi connectivity index (χ1) is 12.9. The van der Waals surface area contributed by atoms with E-state index in [2.05, 4.69) is 14.7 Å². The van der Waals surface area contributed by atoms with Crippen LogP contribution in [0.4, 0.5) is 13.2 Å². The Kier molecular flexibility index (Phi) is 5.54. The van der Waals surface area contributed by atoms with Gasteiger partial charge in [0.05, 0.1) is 5.69 Å². The lowest BCUT2D eigenvalue weighted by molar-refractivity contribution is -0.153. The Bertz CT molecular complexity index is 954. The third-order valence-corrected chi connectivity index (χ3v) is 4.17. The van der Waals surface area contributed by atoms with Crippen LogP contribution in [0.25, 0.3) is 17.1 Å². The maximum absolute atomic E-state index is 12.6. The number of benzene rings is 1. The minimum Gasteiger partial charge on any atom is -0.484 e. The second-order valence-corrected chi connectivity index (χ2v) is 6.53. The van der Waals surface area contributed by atoms with Gasteiger partial charge >= 0.3 is 6.18 Å². The molecule has 0 spiro atoms. The van der Waals surface area contributed by atoms with E-state index in [1.165, 1.54) is 59.3 Å². The van der Waals surface area contributed by atoms with E-state index < -0.39 is 12.8 Å². The summed E-state index contributed by atoms with van der Waals surface area (Å²) in [6.07, 6.45) is -1.78. The topological polar surface area (TPSA) is 70.2 Å². The van der Waals surface area contributed by atoms with Crippen molar-refractivity contribution in [1.29, 1.82) is 0 Å². The van der Waals surface area contributed by atoms with E-state index in [1.807, 2.05) is 6.92 Å². The summed E-state index contributed by atoms with van der Waals surface area (Å²) in [5.74, 6) is 0.725. The van der Waals surface area contributed by atoms with E-state index in [4.69, 9.17) is 4.42 Å². The third-order valence-electron chi connectivity index (χ3n) is 3.35. The van der Waals surface area contributed by atoms with Crippen molar-refractivity contribution >= 4 is 11.8 Å². The summed E-state index contributed by atoms with van der Waals surface area (Å²) in [6, 6.07) is 7.08. The highest BCUT2D eigenvalue weighted by atomic mass is 32.2. The molecule has 0 bridgehead atoms. The number of halogens is 3. The van der Waals surface area contributed by atoms with Gasteiger partial charge in [-0.15, -0.1) is 0 Å². The second-order valence-electron chi connectivity index (χ2n) is 5.30. The second kappa shape index (κ2) is 7.87. The van der Waals surface area contributed by atoms with Gasteiger partial charge in [-0.2, -0.15) is 13.2 Å². The van der Waals surface area contributed by atoms with Crippen molar-refractivity contribution in [2.75, 3.05) is 12.4 Å². The van der Waals surface area contributed by atoms with E-state index in [1.54, 1.807) is 0 Å². The molecule has 3 aromatic rings. The summed E-state index contributed by atoms with van der Waals surface area (Å²) >= 11 is 1.35. The van der Waals surface area contributed by atoms with Crippen LogP contribution < -0.4 is 10.3 Å². The number of nitrogens with zero attached hydrogens (tertiary/aromatic N) is 3. The number of rotatable bonds is 6. The van der Waals surface area contributed by atoms with Crippen LogP contribution in [0.5, 0.6) is 5.75 Å². The van der Waals surface area contributed by atoms with Gasteiger partial charge in [0.25, 0.3) is 5.56 Å². The molecule has 0 unspecified atom stereocenters. The third kappa shape index (κ3) is 4.70. The van der Waals surface area contributed by atoms with E-state index in [9.17, 15) is 18.0 Å². The van der Waals surface area contributed by atoms with Crippen LogP contribution >= 0.6 is 11.8 Å². The molecule has 0 saturated carbocycles. The minimum absolute atomic E-state index is 0.0565. The van der Waals surface area contributed by atoms with E-state index >= 15 is 0 Å². The predicted molar refractivity (Wildman–Crippen MR) is 93.3 cm³/mol. The normalized spacial score (nSPS) is 11.6. The maximum atomic E-state index is 12.6. The number of hydrogen-bond acceptors (Lipinski definition) is 6. The lowest BCUT2D eigenvalue weighted by Crippen LogP contribution is -2.21. The fourth-order valence-electron chi connectivity index (χ4n) is 2.25. The first-order valence-corrected chi connectivity index (χ1v) is 8.81. The highest BCUT2D eigenvalue weighted by Crippen LogP contribution is 2.24. The van der Waals surface area contributed by atoms with Crippen molar-refractivity contribution in [3.8, 4) is 22.8 Å². The molecule has 1 aromatic carbocycles. The molecular formula is C17H14F3N3O3S. The van der Waals surface area contributed by atoms with Crippen molar-refractivity contribution in [3.05, 3.63) is 53.3 Å². The molecule has 0 radical (unpaired) electrons. The number of ether oxygens (including phenoxy) is 1. The summed E-state index contributed by atoms with van der Waals surface area (Å²) < 4.78 is 47.7. The first-order valence-electron chi connectivity index (χ1n) is 7.83. The molecule has 0 saturated heterocycles. The van der Waals surface area contributed by atoms with Gasteiger partial charge in [-0.1, -0.05) is 18.7 Å². The molecule has 142 valence electrons. The van der Waals surface area contributed by atoms with Gasteiger partial charge in [-0.3, -0.25) is 9.36 Å². The van der Waals surface area contributed by atoms with Crippen LogP contribution in [-0.2, 0) is 0 Å². The molecule has 0 atom stereocenters. The summed E-state index contributed by atoms with van der Waals surface area (Å²) in [4.78, 5) is 21.1. The van der Waals surface area contributed by atoms with Crippen LogP contribution in [0.2, 0.25) is 0 Å². The number of hydrogen-bond donors (Lipinski definition) is 0. The zero-order chi connectivity index (χ0) is 19.4. The number of thioether (sulfide) groups is 1. The van der Waals surface area contributed by atoms with E-state index in [0.717, 1.165) is 0 Å². The monoisotopic (exact) mass is 397 g/mol. The van der Waals surface area contributed by atoms with Crippen molar-refractivity contribution in [3.63, 3.8) is 0 Å². The molecule has 0 aliphatic rings. The van der Waals surface area contributed by atoms with Crippen LogP contribution in [0.3, 0.4) is 0 Å². The highest BCUT2D eigenvalue weighted by Gasteiger charge is 2.28. The van der Waals surface area contributed by atoms with E-state index in [-0.39, 0.29) is 11.3 Å². The molecule has 2 aromatic heterocycles. The lowest BCUT2D eigenvalue weighted by Gasteiger charge is -2.13. The Morgan fingerprint density at radius 2 is 1.96 bits per heavy atom. The van der Waals surface area contributed by atoms with E-state index in [0.29, 0.717) is 28.0 Å². The molecule has 3 rings (SSSR count). The Morgan fingerprint density at radius 3 is 2.56 bits per heavy atom. The van der Waals surface area contributed by atoms with Gasteiger partial charge in [0, 0.05) is 6.07 Å². The minimum atomic E-state index is -4.42. The summed E-state index contributed by atoms with van der Waals surface area (Å²) in [5, 5.41) is 0.437. The van der Waals surface area contributed by atoms with Crippen LogP contribution in [0, 0.1) is 0 Å². The quantitative estimate of drug-likeness (QED) is 0.464. The number of alkyl halides is 3. The Hall–Kier alpha value is -2.75. The summed E-state index contributed by atoms with van der Waals surface area (Å²) in [7, 11) is 0. The average molecular weight is 397 g/mol. The number of aromatic nitrogens is 3. The Morgan fingerprint density at radius 1 is 1.22 bits per heavy atom. The Balaban J connectivity index is 1.94. The molecule has 6 nitrogen and oxygen atoms in total. The average Bonchev–Trinajstić information content (AvgIpc) is 3.15. The van der Waals surface area contributed by atoms with Gasteiger partial charge in [0.1, 0.15) is 23.4 Å². The van der Waals surface area contributed by atoms with Gasteiger partial charge in [-0.05, 0) is 30.0 Å². The zero-order valence-corrected chi connectivity index (χ0v) is 14.9. The predicted octanol–water partition coefficient (Wildman–Crippen LogP) is 3.94. The van der Waals surface area contributed by atoms with Crippen LogP contribution in [0.15, 0.2) is 57.4 Å². The molecule has 0 aliphatic carbocycles. The van der Waals surface area contributed by atoms with Crippen molar-refractivity contribution in [2.24, 2.45) is 0 Å². The smallest absolute Gasteiger partial charge is 0.422 e. The lowest BCUT2D eigenvalue weighted by atomic mass is 10.3. The Labute approximate surface area is 156 Å². The zero-order valence-electron chi connectivity index (χ0n) is 14.1. The number of oxazole rings is 1.